The van der Waals surface area contributed by atoms with E-state index in [4.69, 9.17) is 4.52 Å². The normalized spacial score (nSPS) is 11.8. The van der Waals surface area contributed by atoms with Gasteiger partial charge in [0.2, 0.25) is 11.7 Å². The van der Waals surface area contributed by atoms with Gasteiger partial charge in [0.1, 0.15) is 10.0 Å². The molecular weight excluding hydrogens is 353 g/mol. The van der Waals surface area contributed by atoms with E-state index in [0.29, 0.717) is 0 Å². The molecule has 0 fully saturated rings. The summed E-state index contributed by atoms with van der Waals surface area (Å²) >= 11 is 1.21. The zero-order valence-electron chi connectivity index (χ0n) is 12.7. The summed E-state index contributed by atoms with van der Waals surface area (Å²) < 4.78 is 45.7. The Kier molecular flexibility index (Phi) is 4.74. The van der Waals surface area contributed by atoms with Gasteiger partial charge in [-0.05, 0) is 30.7 Å². The van der Waals surface area contributed by atoms with E-state index in [9.17, 15) is 12.8 Å². The molecule has 0 spiro atoms. The smallest absolute Gasteiger partial charge is 0.250 e. The summed E-state index contributed by atoms with van der Waals surface area (Å²) in [5.74, 6) is -0.341. The lowest BCUT2D eigenvalue weighted by Gasteiger charge is -2.01. The summed E-state index contributed by atoms with van der Waals surface area (Å²) in [5, 5.41) is 3.68. The largest absolute Gasteiger partial charge is 0.338 e. The third-order valence-corrected chi connectivity index (χ3v) is 6.37. The maximum absolute atomic E-state index is 13.7. The van der Waals surface area contributed by atoms with Crippen LogP contribution < -0.4 is 4.72 Å². The van der Waals surface area contributed by atoms with Crippen LogP contribution >= 0.6 is 11.3 Å². The van der Waals surface area contributed by atoms with Crippen molar-refractivity contribution in [1.29, 1.82) is 0 Å². The first kappa shape index (κ1) is 16.7. The van der Waals surface area contributed by atoms with Crippen molar-refractivity contribution in [3.8, 4) is 11.4 Å². The highest BCUT2D eigenvalue weighted by molar-refractivity contribution is 7.91. The second kappa shape index (κ2) is 6.80. The Balaban J connectivity index is 1.72. The van der Waals surface area contributed by atoms with Crippen LogP contribution in [0.25, 0.3) is 11.4 Å². The molecule has 6 nitrogen and oxygen atoms in total. The van der Waals surface area contributed by atoms with Crippen molar-refractivity contribution >= 4 is 21.4 Å². The van der Waals surface area contributed by atoms with Crippen LogP contribution in [0.5, 0.6) is 0 Å². The van der Waals surface area contributed by atoms with E-state index in [1.54, 1.807) is 24.3 Å². The molecule has 0 bridgehead atoms. The Hall–Kier alpha value is -2.10. The molecule has 24 heavy (non-hydrogen) atoms. The number of hydrogen-bond donors (Lipinski definition) is 1. The van der Waals surface area contributed by atoms with E-state index in [1.807, 2.05) is 6.92 Å². The van der Waals surface area contributed by atoms with E-state index >= 15 is 0 Å². The number of nitrogens with one attached hydrogen (secondary N) is 1. The summed E-state index contributed by atoms with van der Waals surface area (Å²) in [6.07, 6.45) is 0.774. The highest BCUT2D eigenvalue weighted by Gasteiger charge is 2.19. The number of aryl methyl sites for hydroxylation is 1. The number of aromatic nitrogens is 2. The molecule has 0 radical (unpaired) electrons. The summed E-state index contributed by atoms with van der Waals surface area (Å²) in [7, 11) is -3.64. The number of thiophene rings is 1. The lowest BCUT2D eigenvalue weighted by molar-refractivity contribution is 0.375. The molecule has 0 saturated carbocycles. The fourth-order valence-corrected chi connectivity index (χ4v) is 4.31. The average molecular weight is 367 g/mol. The first-order valence-electron chi connectivity index (χ1n) is 7.15. The van der Waals surface area contributed by atoms with Gasteiger partial charge >= 0.3 is 0 Å². The zero-order chi connectivity index (χ0) is 17.2. The van der Waals surface area contributed by atoms with Gasteiger partial charge in [0.25, 0.3) is 10.0 Å². The standard InChI is InChI=1S/C15H14FN3O3S2/c1-2-10-7-8-14(23-10)24(20,21)17-9-13-18-15(19-22-13)11-5-3-4-6-12(11)16/h3-8,17H,2,9H2,1H3. The minimum absolute atomic E-state index is 0.0594. The highest BCUT2D eigenvalue weighted by atomic mass is 32.2. The predicted octanol–water partition coefficient (Wildman–Crippen LogP) is 2.98. The summed E-state index contributed by atoms with van der Waals surface area (Å²) in [4.78, 5) is 5.00. The molecule has 3 rings (SSSR count). The van der Waals surface area contributed by atoms with E-state index in [1.165, 1.54) is 23.5 Å². The van der Waals surface area contributed by atoms with E-state index < -0.39 is 15.8 Å². The number of rotatable bonds is 6. The van der Waals surface area contributed by atoms with E-state index in [0.717, 1.165) is 11.3 Å². The first-order valence-corrected chi connectivity index (χ1v) is 9.45. The Morgan fingerprint density at radius 1 is 1.25 bits per heavy atom. The fourth-order valence-electron chi connectivity index (χ4n) is 2.00. The number of halogens is 1. The second-order valence-electron chi connectivity index (χ2n) is 4.89. The molecule has 0 amide bonds. The maximum Gasteiger partial charge on any atom is 0.250 e. The van der Waals surface area contributed by atoms with Crippen LogP contribution in [0, 0.1) is 5.82 Å². The summed E-state index contributed by atoms with van der Waals surface area (Å²) in [6, 6.07) is 9.35. The summed E-state index contributed by atoms with van der Waals surface area (Å²) in [5.41, 5.74) is 0.196. The van der Waals surface area contributed by atoms with Crippen molar-refractivity contribution < 1.29 is 17.3 Å². The van der Waals surface area contributed by atoms with Crippen LogP contribution in [0.2, 0.25) is 0 Å². The lowest BCUT2D eigenvalue weighted by atomic mass is 10.2. The van der Waals surface area contributed by atoms with Crippen LogP contribution in [-0.4, -0.2) is 18.6 Å². The molecule has 1 aromatic carbocycles. The molecule has 0 aliphatic carbocycles. The third-order valence-electron chi connectivity index (χ3n) is 3.25. The van der Waals surface area contributed by atoms with Crippen molar-refractivity contribution in [2.75, 3.05) is 0 Å². The molecule has 0 aliphatic heterocycles. The molecule has 1 N–H and O–H groups in total. The molecule has 2 aromatic heterocycles. The van der Waals surface area contributed by atoms with Crippen molar-refractivity contribution in [1.82, 2.24) is 14.9 Å². The van der Waals surface area contributed by atoms with Crippen LogP contribution in [0.3, 0.4) is 0 Å². The second-order valence-corrected chi connectivity index (χ2v) is 8.05. The molecule has 3 aromatic rings. The number of nitrogens with zero attached hydrogens (tertiary/aromatic N) is 2. The van der Waals surface area contributed by atoms with Gasteiger partial charge in [-0.25, -0.2) is 17.5 Å². The average Bonchev–Trinajstić information content (AvgIpc) is 3.23. The van der Waals surface area contributed by atoms with Crippen molar-refractivity contribution in [3.63, 3.8) is 0 Å². The molecule has 2 heterocycles. The fraction of sp³-hybridized carbons (Fsp3) is 0.200. The maximum atomic E-state index is 13.7. The quantitative estimate of drug-likeness (QED) is 0.724. The van der Waals surface area contributed by atoms with Gasteiger partial charge in [0.15, 0.2) is 0 Å². The number of sulfonamides is 1. The van der Waals surface area contributed by atoms with Gasteiger partial charge < -0.3 is 4.52 Å². The van der Waals surface area contributed by atoms with Gasteiger partial charge in [-0.2, -0.15) is 4.98 Å². The van der Waals surface area contributed by atoms with E-state index in [2.05, 4.69) is 14.9 Å². The van der Waals surface area contributed by atoms with Crippen LogP contribution in [0.15, 0.2) is 45.1 Å². The van der Waals surface area contributed by atoms with Gasteiger partial charge in [0, 0.05) is 4.88 Å². The topological polar surface area (TPSA) is 85.1 Å². The van der Waals surface area contributed by atoms with Crippen LogP contribution in [-0.2, 0) is 23.0 Å². The van der Waals surface area contributed by atoms with Crippen LogP contribution in [0.1, 0.15) is 17.7 Å². The third kappa shape index (κ3) is 3.53. The SMILES string of the molecule is CCc1ccc(S(=O)(=O)NCc2nc(-c3ccccc3F)no2)s1. The number of hydrogen-bond acceptors (Lipinski definition) is 6. The Labute approximate surface area is 142 Å². The van der Waals surface area contributed by atoms with E-state index in [-0.39, 0.29) is 28.0 Å². The molecule has 0 saturated heterocycles. The molecule has 0 aliphatic rings. The van der Waals surface area contributed by atoms with Crippen molar-refractivity contribution in [3.05, 3.63) is 53.0 Å². The van der Waals surface area contributed by atoms with Crippen molar-refractivity contribution in [2.45, 2.75) is 24.1 Å². The van der Waals surface area contributed by atoms with Gasteiger partial charge in [0.05, 0.1) is 12.1 Å². The summed E-state index contributed by atoms with van der Waals surface area (Å²) in [6.45, 7) is 1.79. The van der Waals surface area contributed by atoms with Crippen molar-refractivity contribution in [2.24, 2.45) is 0 Å². The highest BCUT2D eigenvalue weighted by Crippen LogP contribution is 2.22. The van der Waals surface area contributed by atoms with Gasteiger partial charge in [-0.3, -0.25) is 0 Å². The Morgan fingerprint density at radius 3 is 2.75 bits per heavy atom. The molecule has 126 valence electrons. The first-order chi connectivity index (χ1) is 11.5. The van der Waals surface area contributed by atoms with Crippen LogP contribution in [0.4, 0.5) is 4.39 Å². The zero-order valence-corrected chi connectivity index (χ0v) is 14.3. The lowest BCUT2D eigenvalue weighted by Crippen LogP contribution is -2.22. The monoisotopic (exact) mass is 367 g/mol. The Bertz CT molecular complexity index is 950. The minimum Gasteiger partial charge on any atom is -0.338 e. The predicted molar refractivity (Wildman–Crippen MR) is 87.4 cm³/mol. The minimum atomic E-state index is -3.64. The number of benzene rings is 1. The van der Waals surface area contributed by atoms with Gasteiger partial charge in [-0.1, -0.05) is 24.2 Å². The molecule has 0 unspecified atom stereocenters. The van der Waals surface area contributed by atoms with Gasteiger partial charge in [-0.15, -0.1) is 11.3 Å². The Morgan fingerprint density at radius 2 is 2.04 bits per heavy atom. The molecular formula is C15H14FN3O3S2. The molecule has 0 atom stereocenters. The molecule has 9 heteroatoms.